The van der Waals surface area contributed by atoms with Gasteiger partial charge in [-0.3, -0.25) is 5.43 Å². The first-order chi connectivity index (χ1) is 13.0. The van der Waals surface area contributed by atoms with Crippen LogP contribution in [0.2, 0.25) is 0 Å². The summed E-state index contributed by atoms with van der Waals surface area (Å²) in [4.78, 5) is 4.30. The smallest absolute Gasteiger partial charge is 0.245 e. The Morgan fingerprint density at radius 1 is 1.14 bits per heavy atom. The number of hydrazone groups is 1. The Labute approximate surface area is 167 Å². The lowest BCUT2D eigenvalue weighted by molar-refractivity contribution is 0.302. The minimum Gasteiger partial charge on any atom is -0.507 e. The van der Waals surface area contributed by atoms with Gasteiger partial charge in [0.1, 0.15) is 16.5 Å². The minimum atomic E-state index is -3.63. The Balaban J connectivity index is 2.22. The van der Waals surface area contributed by atoms with E-state index in [0.717, 1.165) is 5.56 Å². The molecule has 2 aromatic rings. The molecule has 2 N–H and O–H groups in total. The molecule has 0 spiro atoms. The molecule has 0 amide bonds. The molecule has 0 saturated heterocycles. The van der Waals surface area contributed by atoms with Crippen molar-refractivity contribution in [1.29, 1.82) is 0 Å². The number of phenolic OH excluding ortho intramolecular Hbond substituents is 1. The van der Waals surface area contributed by atoms with Crippen molar-refractivity contribution in [2.24, 2.45) is 5.10 Å². The number of benzene rings is 1. The molecule has 2 rings (SSSR count). The summed E-state index contributed by atoms with van der Waals surface area (Å²) in [5, 5.41) is 14.2. The van der Waals surface area contributed by atoms with Crippen LogP contribution in [-0.2, 0) is 10.0 Å². The van der Waals surface area contributed by atoms with Crippen LogP contribution in [0.5, 0.6) is 5.75 Å². The SMILES string of the molecule is C/C(=N\Nc1ccc(S(=O)(=O)N(C(C)C)C(C)C)cn1)c1cc(C)ccc1O. The predicted octanol–water partition coefficient (Wildman–Crippen LogP) is 3.74. The van der Waals surface area contributed by atoms with Crippen LogP contribution in [0.1, 0.15) is 45.7 Å². The van der Waals surface area contributed by atoms with Crippen molar-refractivity contribution in [3.8, 4) is 5.75 Å². The fourth-order valence-corrected chi connectivity index (χ4v) is 4.79. The van der Waals surface area contributed by atoms with Gasteiger partial charge in [-0.15, -0.1) is 0 Å². The highest BCUT2D eigenvalue weighted by molar-refractivity contribution is 7.89. The average Bonchev–Trinajstić information content (AvgIpc) is 2.61. The molecule has 0 fully saturated rings. The molecule has 0 aliphatic heterocycles. The van der Waals surface area contributed by atoms with Crippen molar-refractivity contribution < 1.29 is 13.5 Å². The van der Waals surface area contributed by atoms with E-state index in [2.05, 4.69) is 15.5 Å². The number of rotatable bonds is 7. The van der Waals surface area contributed by atoms with Gasteiger partial charge in [-0.25, -0.2) is 13.4 Å². The molecule has 152 valence electrons. The highest BCUT2D eigenvalue weighted by atomic mass is 32.2. The van der Waals surface area contributed by atoms with E-state index in [1.165, 1.54) is 16.6 Å². The van der Waals surface area contributed by atoms with Crippen molar-refractivity contribution in [2.75, 3.05) is 5.43 Å². The maximum atomic E-state index is 12.9. The van der Waals surface area contributed by atoms with Gasteiger partial charge < -0.3 is 5.11 Å². The highest BCUT2D eigenvalue weighted by Gasteiger charge is 2.29. The van der Waals surface area contributed by atoms with Crippen LogP contribution < -0.4 is 5.43 Å². The molecule has 1 aromatic carbocycles. The first kappa shape index (κ1) is 21.8. The Bertz CT molecular complexity index is 944. The summed E-state index contributed by atoms with van der Waals surface area (Å²) in [6.07, 6.45) is 1.32. The second kappa shape index (κ2) is 8.70. The number of hydrogen-bond acceptors (Lipinski definition) is 6. The number of aryl methyl sites for hydroxylation is 1. The zero-order valence-corrected chi connectivity index (χ0v) is 17.9. The zero-order chi connectivity index (χ0) is 21.1. The molecular formula is C20H28N4O3S. The largest absolute Gasteiger partial charge is 0.507 e. The molecule has 0 unspecified atom stereocenters. The number of nitrogens with zero attached hydrogens (tertiary/aromatic N) is 3. The van der Waals surface area contributed by atoms with Gasteiger partial charge in [0.2, 0.25) is 10.0 Å². The molecule has 7 nitrogen and oxygen atoms in total. The third-order valence-corrected chi connectivity index (χ3v) is 6.45. The molecule has 1 aromatic heterocycles. The molecule has 0 saturated carbocycles. The second-order valence-electron chi connectivity index (χ2n) is 7.23. The van der Waals surface area contributed by atoms with Crippen molar-refractivity contribution in [3.63, 3.8) is 0 Å². The number of pyridine rings is 1. The van der Waals surface area contributed by atoms with E-state index in [4.69, 9.17) is 0 Å². The number of anilines is 1. The topological polar surface area (TPSA) is 94.9 Å². The number of phenols is 1. The van der Waals surface area contributed by atoms with Crippen molar-refractivity contribution in [3.05, 3.63) is 47.7 Å². The van der Waals surface area contributed by atoms with E-state index in [0.29, 0.717) is 17.1 Å². The second-order valence-corrected chi connectivity index (χ2v) is 9.07. The third kappa shape index (κ3) is 4.88. The molecule has 0 atom stereocenters. The lowest BCUT2D eigenvalue weighted by Gasteiger charge is -2.29. The predicted molar refractivity (Wildman–Crippen MR) is 112 cm³/mol. The molecule has 1 heterocycles. The van der Waals surface area contributed by atoms with E-state index in [1.54, 1.807) is 19.1 Å². The van der Waals surface area contributed by atoms with E-state index in [9.17, 15) is 13.5 Å². The fourth-order valence-electron chi connectivity index (χ4n) is 3.01. The summed E-state index contributed by atoms with van der Waals surface area (Å²) in [6.45, 7) is 11.1. The zero-order valence-electron chi connectivity index (χ0n) is 17.1. The summed E-state index contributed by atoms with van der Waals surface area (Å²) in [6, 6.07) is 8.05. The van der Waals surface area contributed by atoms with Crippen molar-refractivity contribution in [2.45, 2.75) is 58.5 Å². The maximum Gasteiger partial charge on any atom is 0.245 e. The highest BCUT2D eigenvalue weighted by Crippen LogP contribution is 2.22. The van der Waals surface area contributed by atoms with Gasteiger partial charge in [0.05, 0.1) is 5.71 Å². The van der Waals surface area contributed by atoms with Gasteiger partial charge in [-0.1, -0.05) is 11.6 Å². The number of aromatic nitrogens is 1. The molecule has 0 aliphatic rings. The average molecular weight is 405 g/mol. The number of hydrogen-bond donors (Lipinski definition) is 2. The van der Waals surface area contributed by atoms with Gasteiger partial charge in [-0.2, -0.15) is 9.41 Å². The van der Waals surface area contributed by atoms with E-state index >= 15 is 0 Å². The normalized spacial score (nSPS) is 12.8. The van der Waals surface area contributed by atoms with Crippen LogP contribution in [-0.4, -0.2) is 40.6 Å². The lowest BCUT2D eigenvalue weighted by Crippen LogP contribution is -2.41. The molecular weight excluding hydrogens is 376 g/mol. The monoisotopic (exact) mass is 404 g/mol. The van der Waals surface area contributed by atoms with Gasteiger partial charge in [0, 0.05) is 23.8 Å². The Kier molecular flexibility index (Phi) is 6.79. The molecule has 0 aliphatic carbocycles. The van der Waals surface area contributed by atoms with Gasteiger partial charge in [0.15, 0.2) is 0 Å². The van der Waals surface area contributed by atoms with Crippen LogP contribution >= 0.6 is 0 Å². The van der Waals surface area contributed by atoms with Crippen LogP contribution in [0.4, 0.5) is 5.82 Å². The molecule has 0 radical (unpaired) electrons. The third-order valence-electron chi connectivity index (χ3n) is 4.21. The van der Waals surface area contributed by atoms with E-state index in [-0.39, 0.29) is 22.7 Å². The number of sulfonamides is 1. The number of nitrogens with one attached hydrogen (secondary N) is 1. The summed E-state index contributed by atoms with van der Waals surface area (Å²) in [5.74, 6) is 0.552. The van der Waals surface area contributed by atoms with Crippen LogP contribution in [0.3, 0.4) is 0 Å². The molecule has 28 heavy (non-hydrogen) atoms. The van der Waals surface area contributed by atoms with Crippen LogP contribution in [0.25, 0.3) is 0 Å². The quantitative estimate of drug-likeness (QED) is 0.541. The van der Waals surface area contributed by atoms with Gasteiger partial charge >= 0.3 is 0 Å². The Morgan fingerprint density at radius 3 is 2.32 bits per heavy atom. The van der Waals surface area contributed by atoms with Crippen molar-refractivity contribution >= 4 is 21.6 Å². The standard InChI is InChI=1S/C20H28N4O3S/c1-13(2)24(14(3)4)28(26,27)17-8-10-20(21-12-17)23-22-16(6)18-11-15(5)7-9-19(18)25/h7-14,25H,1-6H3,(H,21,23)/b22-16+. The first-order valence-electron chi connectivity index (χ1n) is 9.14. The van der Waals surface area contributed by atoms with E-state index in [1.807, 2.05) is 46.8 Å². The summed E-state index contributed by atoms with van der Waals surface area (Å²) in [5.41, 5.74) is 5.02. The summed E-state index contributed by atoms with van der Waals surface area (Å²) < 4.78 is 27.2. The molecule has 0 bridgehead atoms. The maximum absolute atomic E-state index is 12.9. The summed E-state index contributed by atoms with van der Waals surface area (Å²) >= 11 is 0. The van der Waals surface area contributed by atoms with Gasteiger partial charge in [-0.05, 0) is 65.8 Å². The van der Waals surface area contributed by atoms with Gasteiger partial charge in [0.25, 0.3) is 0 Å². The van der Waals surface area contributed by atoms with Crippen molar-refractivity contribution in [1.82, 2.24) is 9.29 Å². The number of aromatic hydroxyl groups is 1. The lowest BCUT2D eigenvalue weighted by atomic mass is 10.1. The van der Waals surface area contributed by atoms with Crippen LogP contribution in [0, 0.1) is 6.92 Å². The summed E-state index contributed by atoms with van der Waals surface area (Å²) in [7, 11) is -3.63. The first-order valence-corrected chi connectivity index (χ1v) is 10.6. The fraction of sp³-hybridized carbons (Fsp3) is 0.400. The Morgan fingerprint density at radius 2 is 1.79 bits per heavy atom. The Hall–Kier alpha value is -2.45. The molecule has 8 heteroatoms. The van der Waals surface area contributed by atoms with Crippen LogP contribution in [0.15, 0.2) is 46.5 Å². The van der Waals surface area contributed by atoms with E-state index < -0.39 is 10.0 Å². The minimum absolute atomic E-state index is 0.137.